The van der Waals surface area contributed by atoms with Gasteiger partial charge in [0.2, 0.25) is 0 Å². The van der Waals surface area contributed by atoms with Crippen LogP contribution < -0.4 is 0 Å². The molecule has 0 rings (SSSR count). The molecule has 0 amide bonds. The molecule has 0 aromatic rings. The molecule has 0 saturated carbocycles. The maximum Gasteiger partial charge on any atom is 0.303 e. The van der Waals surface area contributed by atoms with E-state index in [1.165, 1.54) is 141 Å². The lowest BCUT2D eigenvalue weighted by Gasteiger charge is -2.10. The maximum atomic E-state index is 10.4. The molecule has 0 fully saturated rings. The van der Waals surface area contributed by atoms with Gasteiger partial charge >= 0.3 is 5.97 Å². The fraction of sp³-hybridized carbons (Fsp3) is 0.967. The summed E-state index contributed by atoms with van der Waals surface area (Å²) in [6.07, 6.45) is 33.6. The van der Waals surface area contributed by atoms with E-state index in [-0.39, 0.29) is 6.10 Å². The lowest BCUT2D eigenvalue weighted by Crippen LogP contribution is -2.05. The van der Waals surface area contributed by atoms with Gasteiger partial charge in [0.25, 0.3) is 0 Å². The van der Waals surface area contributed by atoms with Crippen molar-refractivity contribution >= 4 is 5.97 Å². The van der Waals surface area contributed by atoms with Gasteiger partial charge < -0.3 is 10.2 Å². The minimum Gasteiger partial charge on any atom is -0.481 e. The van der Waals surface area contributed by atoms with Gasteiger partial charge in [0, 0.05) is 6.42 Å². The van der Waals surface area contributed by atoms with Crippen LogP contribution in [0, 0.1) is 0 Å². The van der Waals surface area contributed by atoms with Gasteiger partial charge in [-0.15, -0.1) is 0 Å². The Balaban J connectivity index is 3.15. The van der Waals surface area contributed by atoms with Crippen LogP contribution in [0.5, 0.6) is 0 Å². The molecular weight excluding hydrogens is 408 g/mol. The molecule has 1 unspecified atom stereocenters. The molecule has 0 aromatic heterocycles. The normalized spacial score (nSPS) is 12.3. The van der Waals surface area contributed by atoms with E-state index in [0.29, 0.717) is 6.42 Å². The first-order valence-electron chi connectivity index (χ1n) is 15.1. The summed E-state index contributed by atoms with van der Waals surface area (Å²) < 4.78 is 0. The average Bonchev–Trinajstić information content (AvgIpc) is 2.79. The van der Waals surface area contributed by atoms with Crippen molar-refractivity contribution in [3.8, 4) is 0 Å². The smallest absolute Gasteiger partial charge is 0.303 e. The van der Waals surface area contributed by atoms with E-state index < -0.39 is 5.97 Å². The van der Waals surface area contributed by atoms with Crippen molar-refractivity contribution in [3.63, 3.8) is 0 Å². The van der Waals surface area contributed by atoms with Crippen molar-refractivity contribution in [2.24, 2.45) is 0 Å². The van der Waals surface area contributed by atoms with Crippen LogP contribution >= 0.6 is 0 Å². The zero-order valence-electron chi connectivity index (χ0n) is 22.5. The summed E-state index contributed by atoms with van der Waals surface area (Å²) in [4.78, 5) is 10.4. The van der Waals surface area contributed by atoms with Crippen LogP contribution in [0.3, 0.4) is 0 Å². The summed E-state index contributed by atoms with van der Waals surface area (Å²) in [5.41, 5.74) is 0. The van der Waals surface area contributed by atoms with Crippen LogP contribution in [0.2, 0.25) is 0 Å². The standard InChI is InChI=1S/C30H60O3/c1-2-3-4-5-6-7-8-9-11-14-17-20-23-26-29(31)27-24-21-18-15-12-10-13-16-19-22-25-28-30(32)33/h29,31H,2-28H2,1H3,(H,32,33). The van der Waals surface area contributed by atoms with Gasteiger partial charge in [0.1, 0.15) is 0 Å². The highest BCUT2D eigenvalue weighted by molar-refractivity contribution is 5.66. The molecule has 3 heteroatoms. The van der Waals surface area contributed by atoms with Crippen molar-refractivity contribution in [2.45, 2.75) is 186 Å². The summed E-state index contributed by atoms with van der Waals surface area (Å²) in [6, 6.07) is 0. The second-order valence-electron chi connectivity index (χ2n) is 10.5. The van der Waals surface area contributed by atoms with Crippen molar-refractivity contribution in [3.05, 3.63) is 0 Å². The molecule has 3 nitrogen and oxygen atoms in total. The third-order valence-corrected chi connectivity index (χ3v) is 7.07. The van der Waals surface area contributed by atoms with Crippen LogP contribution in [-0.2, 0) is 4.79 Å². The van der Waals surface area contributed by atoms with Gasteiger partial charge in [-0.25, -0.2) is 0 Å². The van der Waals surface area contributed by atoms with Crippen molar-refractivity contribution in [2.75, 3.05) is 0 Å². The number of aliphatic hydroxyl groups is 1. The molecule has 2 N–H and O–H groups in total. The van der Waals surface area contributed by atoms with Crippen molar-refractivity contribution in [1.82, 2.24) is 0 Å². The fourth-order valence-corrected chi connectivity index (χ4v) is 4.79. The molecule has 1 atom stereocenters. The molecule has 0 aromatic carbocycles. The van der Waals surface area contributed by atoms with Crippen molar-refractivity contribution in [1.29, 1.82) is 0 Å². The predicted molar refractivity (Wildman–Crippen MR) is 144 cm³/mol. The zero-order valence-corrected chi connectivity index (χ0v) is 22.5. The summed E-state index contributed by atoms with van der Waals surface area (Å²) in [6.45, 7) is 2.28. The Kier molecular flexibility index (Phi) is 27.2. The SMILES string of the molecule is CCCCCCCCCCCCCCCC(O)CCCCCCCCCCCCCC(=O)O. The second kappa shape index (κ2) is 27.7. The van der Waals surface area contributed by atoms with Gasteiger partial charge in [0.05, 0.1) is 6.10 Å². The summed E-state index contributed by atoms with van der Waals surface area (Å²) in [7, 11) is 0. The Bertz CT molecular complexity index is 383. The number of rotatable bonds is 28. The van der Waals surface area contributed by atoms with Gasteiger partial charge in [-0.1, -0.05) is 155 Å². The van der Waals surface area contributed by atoms with Crippen LogP contribution in [0.1, 0.15) is 180 Å². The van der Waals surface area contributed by atoms with Crippen LogP contribution in [0.15, 0.2) is 0 Å². The minimum absolute atomic E-state index is 0.0705. The molecule has 0 heterocycles. The molecule has 0 aliphatic carbocycles. The molecular formula is C30H60O3. The molecule has 0 bridgehead atoms. The minimum atomic E-state index is -0.665. The lowest BCUT2D eigenvalue weighted by atomic mass is 10.0. The molecule has 198 valence electrons. The van der Waals surface area contributed by atoms with E-state index in [0.717, 1.165) is 25.7 Å². The number of hydrogen-bond donors (Lipinski definition) is 2. The zero-order chi connectivity index (χ0) is 24.2. The first kappa shape index (κ1) is 32.4. The number of aliphatic hydroxyl groups excluding tert-OH is 1. The molecule has 0 radical (unpaired) electrons. The Hall–Kier alpha value is -0.570. The third-order valence-electron chi connectivity index (χ3n) is 7.07. The molecule has 0 aliphatic heterocycles. The number of unbranched alkanes of at least 4 members (excludes halogenated alkanes) is 22. The number of carbonyl (C=O) groups is 1. The Labute approximate surface area is 207 Å². The number of carboxylic acid groups (broad SMARTS) is 1. The molecule has 0 spiro atoms. The van der Waals surface area contributed by atoms with Crippen molar-refractivity contribution < 1.29 is 15.0 Å². The molecule has 0 aliphatic rings. The van der Waals surface area contributed by atoms with E-state index in [2.05, 4.69) is 6.92 Å². The predicted octanol–water partition coefficient (Wildman–Crippen LogP) is 9.98. The Morgan fingerprint density at radius 2 is 0.758 bits per heavy atom. The summed E-state index contributed by atoms with van der Waals surface area (Å²) in [5.74, 6) is -0.665. The third kappa shape index (κ3) is 29.4. The highest BCUT2D eigenvalue weighted by Gasteiger charge is 2.04. The topological polar surface area (TPSA) is 57.5 Å². The number of carboxylic acids is 1. The van der Waals surface area contributed by atoms with Crippen LogP contribution in [0.25, 0.3) is 0 Å². The van der Waals surface area contributed by atoms with E-state index in [4.69, 9.17) is 5.11 Å². The molecule has 33 heavy (non-hydrogen) atoms. The van der Waals surface area contributed by atoms with Gasteiger partial charge in [-0.3, -0.25) is 4.79 Å². The Morgan fingerprint density at radius 3 is 1.06 bits per heavy atom. The first-order chi connectivity index (χ1) is 16.2. The quantitative estimate of drug-likeness (QED) is 0.112. The highest BCUT2D eigenvalue weighted by Crippen LogP contribution is 2.16. The number of aliphatic carboxylic acids is 1. The first-order valence-corrected chi connectivity index (χ1v) is 15.1. The van der Waals surface area contributed by atoms with E-state index >= 15 is 0 Å². The monoisotopic (exact) mass is 468 g/mol. The van der Waals surface area contributed by atoms with Crippen LogP contribution in [-0.4, -0.2) is 22.3 Å². The number of hydrogen-bond acceptors (Lipinski definition) is 2. The highest BCUT2D eigenvalue weighted by atomic mass is 16.4. The average molecular weight is 469 g/mol. The van der Waals surface area contributed by atoms with Crippen LogP contribution in [0.4, 0.5) is 0 Å². The van der Waals surface area contributed by atoms with E-state index in [9.17, 15) is 9.90 Å². The lowest BCUT2D eigenvalue weighted by molar-refractivity contribution is -0.137. The summed E-state index contributed by atoms with van der Waals surface area (Å²) >= 11 is 0. The Morgan fingerprint density at radius 1 is 0.485 bits per heavy atom. The van der Waals surface area contributed by atoms with Gasteiger partial charge in [-0.05, 0) is 19.3 Å². The maximum absolute atomic E-state index is 10.4. The molecule has 0 saturated heterocycles. The summed E-state index contributed by atoms with van der Waals surface area (Å²) in [5, 5.41) is 18.8. The van der Waals surface area contributed by atoms with E-state index in [1.54, 1.807) is 0 Å². The van der Waals surface area contributed by atoms with Gasteiger partial charge in [-0.2, -0.15) is 0 Å². The fourth-order valence-electron chi connectivity index (χ4n) is 4.79. The largest absolute Gasteiger partial charge is 0.481 e. The second-order valence-corrected chi connectivity index (χ2v) is 10.5. The van der Waals surface area contributed by atoms with Gasteiger partial charge in [0.15, 0.2) is 0 Å². The van der Waals surface area contributed by atoms with E-state index in [1.807, 2.05) is 0 Å².